The average Bonchev–Trinajstić information content (AvgIpc) is 2.80. The fourth-order valence-corrected chi connectivity index (χ4v) is 4.01. The molecule has 0 radical (unpaired) electrons. The van der Waals surface area contributed by atoms with Crippen molar-refractivity contribution < 1.29 is 9.59 Å². The number of carbonyl (C=O) groups excluding carboxylic acids is 2. The number of aryl methyl sites for hydroxylation is 1. The molecule has 2 amide bonds. The van der Waals surface area contributed by atoms with Crippen LogP contribution in [0.5, 0.6) is 0 Å². The van der Waals surface area contributed by atoms with Crippen molar-refractivity contribution in [1.29, 1.82) is 0 Å². The van der Waals surface area contributed by atoms with Crippen molar-refractivity contribution >= 4 is 45.7 Å². The number of halogens is 1. The van der Waals surface area contributed by atoms with Crippen LogP contribution in [0.3, 0.4) is 0 Å². The number of nitrogens with one attached hydrogen (secondary N) is 2. The van der Waals surface area contributed by atoms with Gasteiger partial charge in [0.25, 0.3) is 0 Å². The first-order chi connectivity index (χ1) is 15.5. The third kappa shape index (κ3) is 5.36. The van der Waals surface area contributed by atoms with Crippen molar-refractivity contribution in [2.24, 2.45) is 0 Å². The second kappa shape index (κ2) is 9.97. The number of aromatic nitrogens is 1. The molecule has 2 N–H and O–H groups in total. The topological polar surface area (TPSA) is 77.6 Å². The summed E-state index contributed by atoms with van der Waals surface area (Å²) in [5.74, 6) is -1.31. The summed E-state index contributed by atoms with van der Waals surface area (Å²) >= 11 is 5.96. The van der Waals surface area contributed by atoms with Crippen LogP contribution in [0, 0.1) is 6.92 Å². The Morgan fingerprint density at radius 1 is 1.00 bits per heavy atom. The quantitative estimate of drug-likeness (QED) is 0.583. The Hall–Kier alpha value is -3.16. The Balaban J connectivity index is 1.23. The fourth-order valence-electron chi connectivity index (χ4n) is 3.88. The number of pyridine rings is 1. The van der Waals surface area contributed by atoms with E-state index in [2.05, 4.69) is 25.4 Å². The molecule has 0 aliphatic carbocycles. The highest BCUT2D eigenvalue weighted by Crippen LogP contribution is 2.23. The van der Waals surface area contributed by atoms with Crippen molar-refractivity contribution in [1.82, 2.24) is 15.2 Å². The molecular formula is C24H26ClN5O2. The summed E-state index contributed by atoms with van der Waals surface area (Å²) in [7, 11) is 0. The Kier molecular flexibility index (Phi) is 6.87. The molecule has 1 aromatic heterocycles. The first kappa shape index (κ1) is 22.0. The molecule has 2 aromatic carbocycles. The van der Waals surface area contributed by atoms with Gasteiger partial charge >= 0.3 is 11.8 Å². The number of carbonyl (C=O) groups is 2. The van der Waals surface area contributed by atoms with Gasteiger partial charge in [-0.3, -0.25) is 19.5 Å². The monoisotopic (exact) mass is 451 g/mol. The zero-order valence-corrected chi connectivity index (χ0v) is 18.7. The summed E-state index contributed by atoms with van der Waals surface area (Å²) in [5.41, 5.74) is 3.31. The summed E-state index contributed by atoms with van der Waals surface area (Å²) in [5, 5.41) is 6.99. The van der Waals surface area contributed by atoms with Gasteiger partial charge in [0.15, 0.2) is 0 Å². The fraction of sp³-hybridized carbons (Fsp3) is 0.292. The second-order valence-corrected chi connectivity index (χ2v) is 8.28. The van der Waals surface area contributed by atoms with Crippen LogP contribution < -0.4 is 15.5 Å². The van der Waals surface area contributed by atoms with Crippen LogP contribution in [0.1, 0.15) is 5.69 Å². The molecule has 0 bridgehead atoms. The predicted molar refractivity (Wildman–Crippen MR) is 128 cm³/mol. The van der Waals surface area contributed by atoms with Gasteiger partial charge in [-0.2, -0.15) is 0 Å². The lowest BCUT2D eigenvalue weighted by atomic mass is 10.1. The number of para-hydroxylation sites is 1. The smallest absolute Gasteiger partial charge is 0.313 e. The highest BCUT2D eigenvalue weighted by atomic mass is 35.5. The van der Waals surface area contributed by atoms with E-state index < -0.39 is 11.8 Å². The van der Waals surface area contributed by atoms with Crippen LogP contribution in [0.15, 0.2) is 54.6 Å². The summed E-state index contributed by atoms with van der Waals surface area (Å²) in [6.45, 7) is 6.58. The summed E-state index contributed by atoms with van der Waals surface area (Å²) in [6.07, 6.45) is 0. The van der Waals surface area contributed by atoms with Crippen LogP contribution >= 0.6 is 11.6 Å². The van der Waals surface area contributed by atoms with E-state index in [1.54, 1.807) is 6.07 Å². The predicted octanol–water partition coefficient (Wildman–Crippen LogP) is 3.07. The first-order valence-electron chi connectivity index (χ1n) is 10.7. The van der Waals surface area contributed by atoms with Gasteiger partial charge in [0.05, 0.1) is 11.2 Å². The zero-order valence-electron chi connectivity index (χ0n) is 18.0. The normalized spacial score (nSPS) is 14.4. The van der Waals surface area contributed by atoms with Gasteiger partial charge in [-0.05, 0) is 43.3 Å². The van der Waals surface area contributed by atoms with E-state index >= 15 is 0 Å². The molecule has 7 nitrogen and oxygen atoms in total. The number of anilines is 2. The third-order valence-corrected chi connectivity index (χ3v) is 5.83. The van der Waals surface area contributed by atoms with Crippen molar-refractivity contribution in [3.8, 4) is 0 Å². The van der Waals surface area contributed by atoms with E-state index in [1.165, 1.54) is 0 Å². The van der Waals surface area contributed by atoms with Gasteiger partial charge in [-0.25, -0.2) is 0 Å². The molecule has 0 unspecified atom stereocenters. The molecule has 1 saturated heterocycles. The van der Waals surface area contributed by atoms with Gasteiger partial charge in [0.1, 0.15) is 0 Å². The molecule has 2 heterocycles. The summed E-state index contributed by atoms with van der Waals surface area (Å²) < 4.78 is 0. The van der Waals surface area contributed by atoms with E-state index in [9.17, 15) is 9.59 Å². The number of fused-ring (bicyclic) bond motifs is 1. The van der Waals surface area contributed by atoms with E-state index in [0.717, 1.165) is 53.5 Å². The standard InChI is InChI=1S/C24H26ClN5O2/c1-17-16-22(20-4-2-3-5-21(20)27-17)28-24(32)23(31)26-10-11-29-12-14-30(15-13-29)19-8-6-18(25)7-9-19/h2-9,16H,10-15H2,1H3,(H,26,31)(H,27,28,32). The minimum Gasteiger partial charge on any atom is -0.369 e. The molecule has 3 aromatic rings. The number of hydrogen-bond donors (Lipinski definition) is 2. The molecule has 1 aliphatic rings. The van der Waals surface area contributed by atoms with Crippen molar-refractivity contribution in [3.05, 3.63) is 65.3 Å². The van der Waals surface area contributed by atoms with Gasteiger partial charge < -0.3 is 15.5 Å². The maximum absolute atomic E-state index is 12.4. The van der Waals surface area contributed by atoms with Gasteiger partial charge in [0.2, 0.25) is 0 Å². The summed E-state index contributed by atoms with van der Waals surface area (Å²) in [6, 6.07) is 17.2. The van der Waals surface area contributed by atoms with E-state index in [-0.39, 0.29) is 0 Å². The van der Waals surface area contributed by atoms with Gasteiger partial charge in [-0.15, -0.1) is 0 Å². The maximum Gasteiger partial charge on any atom is 0.313 e. The van der Waals surface area contributed by atoms with E-state index in [0.29, 0.717) is 18.8 Å². The second-order valence-electron chi connectivity index (χ2n) is 7.84. The number of piperazine rings is 1. The average molecular weight is 452 g/mol. The van der Waals surface area contributed by atoms with E-state index in [1.807, 2.05) is 55.5 Å². The SMILES string of the molecule is Cc1cc(NC(=O)C(=O)NCCN2CCN(c3ccc(Cl)cc3)CC2)c2ccccc2n1. The van der Waals surface area contributed by atoms with E-state index in [4.69, 9.17) is 11.6 Å². The van der Waals surface area contributed by atoms with Gasteiger partial charge in [-0.1, -0.05) is 29.8 Å². The molecule has 1 aliphatic heterocycles. The lowest BCUT2D eigenvalue weighted by Crippen LogP contribution is -2.49. The lowest BCUT2D eigenvalue weighted by Gasteiger charge is -2.36. The van der Waals surface area contributed by atoms with Crippen molar-refractivity contribution in [3.63, 3.8) is 0 Å². The Morgan fingerprint density at radius 3 is 2.47 bits per heavy atom. The van der Waals surface area contributed by atoms with Crippen molar-refractivity contribution in [2.75, 3.05) is 49.5 Å². The number of hydrogen-bond acceptors (Lipinski definition) is 5. The molecule has 0 spiro atoms. The van der Waals surface area contributed by atoms with Crippen LogP contribution in [-0.2, 0) is 9.59 Å². The first-order valence-corrected chi connectivity index (χ1v) is 11.1. The van der Waals surface area contributed by atoms with Crippen LogP contribution in [0.2, 0.25) is 5.02 Å². The maximum atomic E-state index is 12.4. The molecule has 0 saturated carbocycles. The number of nitrogens with zero attached hydrogens (tertiary/aromatic N) is 3. The van der Waals surface area contributed by atoms with Crippen LogP contribution in [-0.4, -0.2) is 61.0 Å². The molecule has 4 rings (SSSR count). The Morgan fingerprint density at radius 2 is 1.72 bits per heavy atom. The number of rotatable bonds is 5. The third-order valence-electron chi connectivity index (χ3n) is 5.58. The zero-order chi connectivity index (χ0) is 22.5. The molecular weight excluding hydrogens is 426 g/mol. The van der Waals surface area contributed by atoms with Crippen molar-refractivity contribution in [2.45, 2.75) is 6.92 Å². The Labute approximate surface area is 192 Å². The Bertz CT molecular complexity index is 1110. The largest absolute Gasteiger partial charge is 0.369 e. The highest BCUT2D eigenvalue weighted by molar-refractivity contribution is 6.40. The lowest BCUT2D eigenvalue weighted by molar-refractivity contribution is -0.136. The molecule has 8 heteroatoms. The van der Waals surface area contributed by atoms with Crippen LogP contribution in [0.4, 0.5) is 11.4 Å². The molecule has 166 valence electrons. The molecule has 0 atom stereocenters. The highest BCUT2D eigenvalue weighted by Gasteiger charge is 2.19. The minimum atomic E-state index is -0.673. The molecule has 1 fully saturated rings. The van der Waals surface area contributed by atoms with Crippen LogP contribution in [0.25, 0.3) is 10.9 Å². The minimum absolute atomic E-state index is 0.420. The van der Waals surface area contributed by atoms with Gasteiger partial charge in [0, 0.05) is 61.1 Å². The number of amides is 2. The molecule has 32 heavy (non-hydrogen) atoms. The summed E-state index contributed by atoms with van der Waals surface area (Å²) in [4.78, 5) is 33.8. The number of benzene rings is 2.